The number of sulfonamides is 1. The molecule has 132 valence electrons. The van der Waals surface area contributed by atoms with Gasteiger partial charge in [-0.25, -0.2) is 8.42 Å². The molecule has 1 aliphatic heterocycles. The lowest BCUT2D eigenvalue weighted by Gasteiger charge is -2.16. The Hall–Kier alpha value is -2.34. The molecule has 6 heteroatoms. The molecule has 1 aliphatic rings. The second kappa shape index (κ2) is 6.88. The van der Waals surface area contributed by atoms with Gasteiger partial charge < -0.3 is 4.74 Å². The summed E-state index contributed by atoms with van der Waals surface area (Å²) >= 11 is 0. The van der Waals surface area contributed by atoms with Crippen LogP contribution in [0.1, 0.15) is 37.0 Å². The standard InChI is InChI=1S/C19H22N2O3S/c1-4-14(3)24-17-11-13(2)9-10-15(17)12-20-19-16-7-5-6-8-18(16)25(22,23)21-19/h5-11,14H,4,12H2,1-3H3,(H,20,21). The zero-order valence-electron chi connectivity index (χ0n) is 14.6. The summed E-state index contributed by atoms with van der Waals surface area (Å²) < 4.78 is 32.8. The molecule has 2 aromatic rings. The van der Waals surface area contributed by atoms with Crippen LogP contribution < -0.4 is 9.46 Å². The predicted octanol–water partition coefficient (Wildman–Crippen LogP) is 3.41. The molecule has 0 spiro atoms. The highest BCUT2D eigenvalue weighted by molar-refractivity contribution is 7.90. The fourth-order valence-corrected chi connectivity index (χ4v) is 3.87. The highest BCUT2D eigenvalue weighted by Gasteiger charge is 2.30. The molecule has 2 aromatic carbocycles. The first-order chi connectivity index (χ1) is 11.9. The summed E-state index contributed by atoms with van der Waals surface area (Å²) in [6.45, 7) is 6.46. The number of hydrogen-bond donors (Lipinski definition) is 1. The quantitative estimate of drug-likeness (QED) is 0.890. The van der Waals surface area contributed by atoms with Crippen molar-refractivity contribution in [1.29, 1.82) is 0 Å². The van der Waals surface area contributed by atoms with Crippen LogP contribution in [-0.4, -0.2) is 20.4 Å². The van der Waals surface area contributed by atoms with Gasteiger partial charge in [0.15, 0.2) is 0 Å². The number of ether oxygens (including phenoxy) is 1. The summed E-state index contributed by atoms with van der Waals surface area (Å²) in [5, 5.41) is 0. The van der Waals surface area contributed by atoms with Crippen molar-refractivity contribution in [1.82, 2.24) is 4.72 Å². The van der Waals surface area contributed by atoms with Gasteiger partial charge in [-0.1, -0.05) is 31.2 Å². The summed E-state index contributed by atoms with van der Waals surface area (Å²) in [5.41, 5.74) is 2.66. The number of nitrogens with one attached hydrogen (secondary N) is 1. The smallest absolute Gasteiger partial charge is 0.263 e. The number of aliphatic imine (C=N–C) groups is 1. The lowest BCUT2D eigenvalue weighted by molar-refractivity contribution is 0.215. The van der Waals surface area contributed by atoms with Crippen molar-refractivity contribution < 1.29 is 13.2 Å². The van der Waals surface area contributed by atoms with Crippen molar-refractivity contribution >= 4 is 15.9 Å². The average molecular weight is 358 g/mol. The van der Waals surface area contributed by atoms with Gasteiger partial charge in [-0.3, -0.25) is 9.71 Å². The van der Waals surface area contributed by atoms with Crippen LogP contribution in [0, 0.1) is 6.92 Å². The fraction of sp³-hybridized carbons (Fsp3) is 0.316. The van der Waals surface area contributed by atoms with Gasteiger partial charge in [-0.2, -0.15) is 0 Å². The third kappa shape index (κ3) is 3.69. The van der Waals surface area contributed by atoms with Crippen molar-refractivity contribution in [2.45, 2.75) is 44.7 Å². The van der Waals surface area contributed by atoms with E-state index in [1.54, 1.807) is 24.3 Å². The molecule has 1 N–H and O–H groups in total. The Balaban J connectivity index is 1.91. The third-order valence-corrected chi connectivity index (χ3v) is 5.59. The predicted molar refractivity (Wildman–Crippen MR) is 98.6 cm³/mol. The van der Waals surface area contributed by atoms with Crippen LogP contribution >= 0.6 is 0 Å². The SMILES string of the molecule is CCC(C)Oc1cc(C)ccc1CN=C1NS(=O)(=O)c2ccccc21. The highest BCUT2D eigenvalue weighted by atomic mass is 32.2. The van der Waals surface area contributed by atoms with Crippen molar-refractivity contribution in [2.75, 3.05) is 0 Å². The first-order valence-electron chi connectivity index (χ1n) is 8.33. The van der Waals surface area contributed by atoms with Crippen molar-refractivity contribution in [3.05, 3.63) is 59.2 Å². The molecule has 0 saturated carbocycles. The molecule has 0 saturated heterocycles. The van der Waals surface area contributed by atoms with Gasteiger partial charge in [0.25, 0.3) is 10.0 Å². The van der Waals surface area contributed by atoms with E-state index < -0.39 is 10.0 Å². The van der Waals surface area contributed by atoms with E-state index in [4.69, 9.17) is 4.74 Å². The van der Waals surface area contributed by atoms with E-state index in [9.17, 15) is 8.42 Å². The minimum absolute atomic E-state index is 0.110. The first-order valence-corrected chi connectivity index (χ1v) is 9.82. The molecular formula is C19H22N2O3S. The molecule has 0 bridgehead atoms. The average Bonchev–Trinajstić information content (AvgIpc) is 2.85. The van der Waals surface area contributed by atoms with E-state index in [1.165, 1.54) is 0 Å². The Morgan fingerprint density at radius 1 is 1.20 bits per heavy atom. The zero-order valence-corrected chi connectivity index (χ0v) is 15.4. The highest BCUT2D eigenvalue weighted by Crippen LogP contribution is 2.25. The molecule has 0 aromatic heterocycles. The van der Waals surface area contributed by atoms with Crippen LogP contribution in [0.15, 0.2) is 52.4 Å². The van der Waals surface area contributed by atoms with Gasteiger partial charge >= 0.3 is 0 Å². The van der Waals surface area contributed by atoms with Gasteiger partial charge in [0.05, 0.1) is 17.5 Å². The van der Waals surface area contributed by atoms with E-state index in [2.05, 4.69) is 16.6 Å². The Bertz CT molecular complexity index is 920. The first kappa shape index (κ1) is 17.5. The normalized spacial score (nSPS) is 17.8. The Morgan fingerprint density at radius 2 is 1.96 bits per heavy atom. The number of fused-ring (bicyclic) bond motifs is 1. The lowest BCUT2D eigenvalue weighted by Crippen LogP contribution is -2.22. The summed E-state index contributed by atoms with van der Waals surface area (Å²) in [6.07, 6.45) is 1.02. The maximum absolute atomic E-state index is 12.2. The molecule has 5 nitrogen and oxygen atoms in total. The largest absolute Gasteiger partial charge is 0.490 e. The fourth-order valence-electron chi connectivity index (χ4n) is 2.62. The maximum Gasteiger partial charge on any atom is 0.263 e. The third-order valence-electron chi connectivity index (χ3n) is 4.20. The molecule has 0 amide bonds. The second-order valence-corrected chi connectivity index (χ2v) is 7.87. The van der Waals surface area contributed by atoms with Crippen molar-refractivity contribution in [2.24, 2.45) is 4.99 Å². The summed E-state index contributed by atoms with van der Waals surface area (Å²) in [7, 11) is -3.51. The van der Waals surface area contributed by atoms with Gasteiger partial charge in [0, 0.05) is 11.1 Å². The summed E-state index contributed by atoms with van der Waals surface area (Å²) in [5.74, 6) is 1.18. The van der Waals surface area contributed by atoms with E-state index in [0.29, 0.717) is 17.9 Å². The molecule has 0 fully saturated rings. The van der Waals surface area contributed by atoms with Crippen LogP contribution in [0.2, 0.25) is 0 Å². The zero-order chi connectivity index (χ0) is 18.0. The van der Waals surface area contributed by atoms with Gasteiger partial charge in [0.2, 0.25) is 0 Å². The number of rotatable bonds is 5. The van der Waals surface area contributed by atoms with E-state index in [-0.39, 0.29) is 11.0 Å². The Labute approximate surface area is 148 Å². The Kier molecular flexibility index (Phi) is 4.81. The van der Waals surface area contributed by atoms with Gasteiger partial charge in [0.1, 0.15) is 11.6 Å². The molecule has 25 heavy (non-hydrogen) atoms. The van der Waals surface area contributed by atoms with E-state index in [0.717, 1.165) is 23.3 Å². The Morgan fingerprint density at radius 3 is 2.72 bits per heavy atom. The van der Waals surface area contributed by atoms with Crippen molar-refractivity contribution in [3.8, 4) is 5.75 Å². The number of nitrogens with zero attached hydrogens (tertiary/aromatic N) is 1. The van der Waals surface area contributed by atoms with Crippen LogP contribution in [-0.2, 0) is 16.6 Å². The molecule has 3 rings (SSSR count). The van der Waals surface area contributed by atoms with Crippen LogP contribution in [0.5, 0.6) is 5.75 Å². The number of aryl methyl sites for hydroxylation is 1. The van der Waals surface area contributed by atoms with Gasteiger partial charge in [-0.05, 0) is 44.0 Å². The van der Waals surface area contributed by atoms with Crippen LogP contribution in [0.4, 0.5) is 0 Å². The molecule has 1 atom stereocenters. The topological polar surface area (TPSA) is 67.8 Å². The van der Waals surface area contributed by atoms with Gasteiger partial charge in [-0.15, -0.1) is 0 Å². The monoisotopic (exact) mass is 358 g/mol. The summed E-state index contributed by atoms with van der Waals surface area (Å²) in [4.78, 5) is 4.77. The molecule has 0 radical (unpaired) electrons. The van der Waals surface area contributed by atoms with Crippen molar-refractivity contribution in [3.63, 3.8) is 0 Å². The molecule has 1 heterocycles. The minimum atomic E-state index is -3.51. The number of benzene rings is 2. The van der Waals surface area contributed by atoms with E-state index >= 15 is 0 Å². The lowest BCUT2D eigenvalue weighted by atomic mass is 10.1. The number of amidine groups is 1. The second-order valence-electron chi connectivity index (χ2n) is 6.21. The maximum atomic E-state index is 12.2. The van der Waals surface area contributed by atoms with Crippen LogP contribution in [0.25, 0.3) is 0 Å². The van der Waals surface area contributed by atoms with Crippen LogP contribution in [0.3, 0.4) is 0 Å². The summed E-state index contributed by atoms with van der Waals surface area (Å²) in [6, 6.07) is 12.8. The molecule has 1 unspecified atom stereocenters. The molecular weight excluding hydrogens is 336 g/mol. The molecule has 0 aliphatic carbocycles. The number of hydrogen-bond acceptors (Lipinski definition) is 4. The minimum Gasteiger partial charge on any atom is -0.490 e. The van der Waals surface area contributed by atoms with E-state index in [1.807, 2.05) is 32.0 Å².